The molecule has 3 aliphatic carbocycles. The lowest BCUT2D eigenvalue weighted by atomic mass is 9.85. The van der Waals surface area contributed by atoms with Gasteiger partial charge >= 0.3 is 29.8 Å². The number of nitrogens with two attached hydrogens (primary N) is 2. The third kappa shape index (κ3) is 19.4. The van der Waals surface area contributed by atoms with Gasteiger partial charge in [-0.15, -0.1) is 0 Å². The first-order valence-electron chi connectivity index (χ1n) is 16.5. The number of esters is 4. The Morgan fingerprint density at radius 1 is 0.625 bits per heavy atom. The van der Waals surface area contributed by atoms with E-state index in [0.29, 0.717) is 45.1 Å². The molecule has 48 heavy (non-hydrogen) atoms. The zero-order chi connectivity index (χ0) is 36.8. The second-order valence-electron chi connectivity index (χ2n) is 12.0. The summed E-state index contributed by atoms with van der Waals surface area (Å²) in [6, 6.07) is 0. The Morgan fingerprint density at radius 3 is 1.35 bits per heavy atom. The van der Waals surface area contributed by atoms with Gasteiger partial charge in [0.15, 0.2) is 0 Å². The molecule has 3 fully saturated rings. The summed E-state index contributed by atoms with van der Waals surface area (Å²) in [5.41, 5.74) is 10.3. The smallest absolute Gasteiger partial charge is 0.319 e. The Kier molecular flexibility index (Phi) is 24.0. The summed E-state index contributed by atoms with van der Waals surface area (Å²) in [6.45, 7) is 5.30. The summed E-state index contributed by atoms with van der Waals surface area (Å²) >= 11 is 0. The van der Waals surface area contributed by atoms with Gasteiger partial charge in [-0.05, 0) is 32.1 Å². The number of hydrogen-bond acceptors (Lipinski definition) is 13. The lowest BCUT2D eigenvalue weighted by molar-refractivity contribution is -0.154. The highest BCUT2D eigenvalue weighted by Gasteiger charge is 2.36. The van der Waals surface area contributed by atoms with Crippen molar-refractivity contribution in [2.75, 3.05) is 32.9 Å². The third-order valence-corrected chi connectivity index (χ3v) is 7.96. The molecule has 268 valence electrons. The van der Waals surface area contributed by atoms with Crippen LogP contribution in [0.2, 0.25) is 17.5 Å². The van der Waals surface area contributed by atoms with Crippen LogP contribution in [-0.4, -0.2) is 120 Å². The van der Waals surface area contributed by atoms with Crippen molar-refractivity contribution in [3.8, 4) is 0 Å². The van der Waals surface area contributed by atoms with Crippen LogP contribution in [0.1, 0.15) is 78.6 Å². The standard InChI is InChI=1S/C12H19BO4.C10H17BN2O4.C6H11BO2.C3H6O2/c1-3-11(14)16-7-8-5-9(13)6-10(8)17-12(15)4-2;11-7-1-6(5-16-9(14)3-12)8(2-7)17-10(15)4-13;7-5-1-4(3-8)6(9)2-5;1-2-3(4)5/h8-10H,3-7H2,1-2H3;6-8H,1-5,12-13H2;4-6,8-9H,1-3H2;2H2,1H3,(H,4,5)/t8-,9-,10-;6-,7-,8-;4-,5-,6-;/m000./s1. The molecule has 0 amide bonds. The van der Waals surface area contributed by atoms with Gasteiger partial charge in [0.05, 0.1) is 55.9 Å². The number of aliphatic hydroxyl groups is 2. The fourth-order valence-corrected chi connectivity index (χ4v) is 5.27. The number of rotatable bonds is 12. The molecule has 0 heterocycles. The number of hydrogen-bond donors (Lipinski definition) is 5. The predicted octanol–water partition coefficient (Wildman–Crippen LogP) is 0.542. The fourth-order valence-electron chi connectivity index (χ4n) is 5.27. The summed E-state index contributed by atoms with van der Waals surface area (Å²) in [6.07, 6.45) is 4.04. The molecule has 0 aromatic heterocycles. The van der Waals surface area contributed by atoms with Gasteiger partial charge in [-0.1, -0.05) is 44.6 Å². The minimum atomic E-state index is -0.745. The molecule has 6 radical (unpaired) electrons. The van der Waals surface area contributed by atoms with E-state index in [0.717, 1.165) is 12.8 Å². The van der Waals surface area contributed by atoms with E-state index in [1.807, 2.05) is 0 Å². The Hall–Kier alpha value is -2.62. The summed E-state index contributed by atoms with van der Waals surface area (Å²) in [5.74, 6) is -2.09. The molecule has 14 nitrogen and oxygen atoms in total. The number of aliphatic hydroxyl groups excluding tert-OH is 2. The molecule has 3 aliphatic rings. The average Bonchev–Trinajstić information content (AvgIpc) is 3.72. The van der Waals surface area contributed by atoms with Gasteiger partial charge in [0.2, 0.25) is 0 Å². The van der Waals surface area contributed by atoms with Gasteiger partial charge in [0.1, 0.15) is 12.2 Å². The molecule has 17 heteroatoms. The van der Waals surface area contributed by atoms with Gasteiger partial charge in [0.25, 0.3) is 0 Å². The molecule has 7 N–H and O–H groups in total. The first-order chi connectivity index (χ1) is 22.6. The van der Waals surface area contributed by atoms with Crippen molar-refractivity contribution in [1.29, 1.82) is 0 Å². The van der Waals surface area contributed by atoms with Crippen LogP contribution in [0.5, 0.6) is 0 Å². The highest BCUT2D eigenvalue weighted by atomic mass is 16.6. The molecule has 0 bridgehead atoms. The van der Waals surface area contributed by atoms with E-state index in [1.165, 1.54) is 0 Å². The third-order valence-electron chi connectivity index (χ3n) is 7.96. The van der Waals surface area contributed by atoms with Crippen LogP contribution in [0.25, 0.3) is 0 Å². The van der Waals surface area contributed by atoms with E-state index < -0.39 is 17.9 Å². The highest BCUT2D eigenvalue weighted by Crippen LogP contribution is 2.37. The van der Waals surface area contributed by atoms with Gasteiger partial charge in [-0.2, -0.15) is 0 Å². The van der Waals surface area contributed by atoms with Crippen LogP contribution in [0.15, 0.2) is 0 Å². The summed E-state index contributed by atoms with van der Waals surface area (Å²) in [7, 11) is 17.1. The molecule has 0 aromatic carbocycles. The molecular weight excluding hydrogens is 625 g/mol. The molecule has 9 atom stereocenters. The van der Waals surface area contributed by atoms with Gasteiger partial charge in [0, 0.05) is 43.6 Å². The Labute approximate surface area is 287 Å². The van der Waals surface area contributed by atoms with E-state index in [9.17, 15) is 24.0 Å². The summed E-state index contributed by atoms with van der Waals surface area (Å²) in [5, 5.41) is 25.5. The summed E-state index contributed by atoms with van der Waals surface area (Å²) < 4.78 is 20.5. The number of aliphatic carboxylic acids is 1. The van der Waals surface area contributed by atoms with Crippen LogP contribution in [0.3, 0.4) is 0 Å². The SMILES string of the molecule is CCC(=O)O.[B][C@H]1C[C@@H](CO)[C@@H](O)C1.[B][C@H]1C[C@@H](COC(=O)CC)[C@@H](OC(=O)CC)C1.[B][C@H]1C[C@@H](COC(=O)CN)[C@@H](OC(=O)CN)C1. The van der Waals surface area contributed by atoms with Crippen molar-refractivity contribution in [3.05, 3.63) is 0 Å². The fraction of sp³-hybridized carbons (Fsp3) is 0.839. The van der Waals surface area contributed by atoms with E-state index in [2.05, 4.69) is 0 Å². The van der Waals surface area contributed by atoms with Crippen molar-refractivity contribution in [2.24, 2.45) is 29.2 Å². The van der Waals surface area contributed by atoms with Crippen LogP contribution in [0.4, 0.5) is 0 Å². The quantitative estimate of drug-likeness (QED) is 0.108. The second kappa shape index (κ2) is 25.4. The lowest BCUT2D eigenvalue weighted by Gasteiger charge is -2.19. The van der Waals surface area contributed by atoms with E-state index in [1.54, 1.807) is 20.8 Å². The number of carbonyl (C=O) groups is 5. The maximum absolute atomic E-state index is 11.2. The van der Waals surface area contributed by atoms with Crippen LogP contribution in [-0.2, 0) is 42.9 Å². The minimum Gasteiger partial charge on any atom is -0.481 e. The second-order valence-corrected chi connectivity index (χ2v) is 12.0. The van der Waals surface area contributed by atoms with E-state index in [-0.39, 0.29) is 98.2 Å². The van der Waals surface area contributed by atoms with Crippen molar-refractivity contribution >= 4 is 53.4 Å². The summed E-state index contributed by atoms with van der Waals surface area (Å²) in [4.78, 5) is 53.7. The monoisotopic (exact) mass is 678 g/mol. The zero-order valence-corrected chi connectivity index (χ0v) is 28.5. The lowest BCUT2D eigenvalue weighted by Crippen LogP contribution is -2.30. The molecule has 3 saturated carbocycles. The van der Waals surface area contributed by atoms with Gasteiger partial charge < -0.3 is 45.7 Å². The Bertz CT molecular complexity index is 923. The average molecular weight is 678 g/mol. The van der Waals surface area contributed by atoms with Crippen LogP contribution in [0, 0.1) is 17.8 Å². The minimum absolute atomic E-state index is 0.0231. The molecule has 0 spiro atoms. The highest BCUT2D eigenvalue weighted by molar-refractivity contribution is 6.12. The van der Waals surface area contributed by atoms with Crippen molar-refractivity contribution in [1.82, 2.24) is 0 Å². The number of ether oxygens (including phenoxy) is 4. The van der Waals surface area contributed by atoms with Crippen LogP contribution >= 0.6 is 0 Å². The maximum Gasteiger partial charge on any atom is 0.319 e. The molecule has 0 saturated heterocycles. The largest absolute Gasteiger partial charge is 0.481 e. The number of carboxylic acid groups (broad SMARTS) is 1. The molecule has 0 aliphatic heterocycles. The van der Waals surface area contributed by atoms with Crippen LogP contribution < -0.4 is 11.5 Å². The normalized spacial score (nSPS) is 28.6. The molecule has 0 aromatic rings. The molecular formula is C31H53B3N2O12. The van der Waals surface area contributed by atoms with E-state index >= 15 is 0 Å². The number of carbonyl (C=O) groups excluding carboxylic acids is 4. The van der Waals surface area contributed by atoms with Crippen molar-refractivity contribution in [3.63, 3.8) is 0 Å². The molecule has 0 unspecified atom stereocenters. The number of carboxylic acids is 1. The van der Waals surface area contributed by atoms with Crippen molar-refractivity contribution in [2.45, 2.75) is 114 Å². The van der Waals surface area contributed by atoms with E-state index in [4.69, 9.17) is 69.3 Å². The van der Waals surface area contributed by atoms with Crippen molar-refractivity contribution < 1.29 is 58.2 Å². The maximum atomic E-state index is 11.2. The first kappa shape index (κ1) is 45.4. The van der Waals surface area contributed by atoms with Gasteiger partial charge in [-0.3, -0.25) is 24.0 Å². The Balaban J connectivity index is 0.000000668. The zero-order valence-electron chi connectivity index (χ0n) is 28.5. The Morgan fingerprint density at radius 2 is 1.02 bits per heavy atom. The van der Waals surface area contributed by atoms with Gasteiger partial charge in [-0.25, -0.2) is 0 Å². The topological polar surface area (TPSA) is 235 Å². The predicted molar refractivity (Wildman–Crippen MR) is 178 cm³/mol. The molecule has 3 rings (SSSR count). The first-order valence-corrected chi connectivity index (χ1v) is 16.5.